The van der Waals surface area contributed by atoms with Crippen molar-refractivity contribution in [2.75, 3.05) is 19.8 Å². The van der Waals surface area contributed by atoms with Crippen LogP contribution in [0, 0.1) is 0 Å². The Morgan fingerprint density at radius 1 is 0.474 bits per heavy atom. The highest BCUT2D eigenvalue weighted by Gasteiger charge is 2.28. The number of carbonyl (C=O) groups is 3. The van der Waals surface area contributed by atoms with Crippen molar-refractivity contribution in [1.82, 2.24) is 0 Å². The van der Waals surface area contributed by atoms with Gasteiger partial charge in [0, 0.05) is 12.8 Å². The summed E-state index contributed by atoms with van der Waals surface area (Å²) in [7, 11) is -4.71. The third-order valence-electron chi connectivity index (χ3n) is 10.6. The SMILES string of the molecule is CCCCCCCCCCCCCCCCCCCCCC(=O)OC[C@@H](COP(=O)(O)OC[C@@H](N)C(=O)O)OC(=O)CCCCCCCCCCCCCCCC. The lowest BCUT2D eigenvalue weighted by molar-refractivity contribution is -0.161. The van der Waals surface area contributed by atoms with E-state index in [0.29, 0.717) is 12.8 Å². The van der Waals surface area contributed by atoms with Gasteiger partial charge in [0.2, 0.25) is 0 Å². The molecule has 0 saturated carbocycles. The molecule has 57 heavy (non-hydrogen) atoms. The zero-order valence-electron chi connectivity index (χ0n) is 36.7. The van der Waals surface area contributed by atoms with E-state index >= 15 is 0 Å². The molecule has 0 saturated heterocycles. The Hall–Kier alpha value is -1.52. The molecule has 4 N–H and O–H groups in total. The van der Waals surface area contributed by atoms with Crippen molar-refractivity contribution in [2.45, 2.75) is 251 Å². The van der Waals surface area contributed by atoms with Crippen LogP contribution in [0.25, 0.3) is 0 Å². The van der Waals surface area contributed by atoms with Crippen LogP contribution in [-0.2, 0) is 37.5 Å². The summed E-state index contributed by atoms with van der Waals surface area (Å²) < 4.78 is 32.8. The Bertz CT molecular complexity index is 984. The van der Waals surface area contributed by atoms with Gasteiger partial charge < -0.3 is 25.2 Å². The van der Waals surface area contributed by atoms with Crippen molar-refractivity contribution in [3.8, 4) is 0 Å². The first-order valence-electron chi connectivity index (χ1n) is 23.6. The molecule has 0 amide bonds. The topological polar surface area (TPSA) is 172 Å². The van der Waals surface area contributed by atoms with E-state index in [4.69, 9.17) is 24.8 Å². The van der Waals surface area contributed by atoms with Gasteiger partial charge in [0.05, 0.1) is 13.2 Å². The van der Waals surface area contributed by atoms with Crippen LogP contribution in [0.3, 0.4) is 0 Å². The summed E-state index contributed by atoms with van der Waals surface area (Å²) in [5.74, 6) is -2.35. The number of unbranched alkanes of at least 4 members (excludes halogenated alkanes) is 31. The largest absolute Gasteiger partial charge is 0.480 e. The number of esters is 2. The molecule has 11 nitrogen and oxygen atoms in total. The standard InChI is InChI=1S/C45H88NO10P/c1-3-5-7-9-11-13-15-17-19-20-21-22-23-25-26-28-30-32-34-36-43(47)53-38-41(39-54-57(51,52)55-40-42(46)45(49)50)56-44(48)37-35-33-31-29-27-24-18-16-14-12-10-8-6-4-2/h41-42H,3-40,46H2,1-2H3,(H,49,50)(H,51,52)/t41-,42+/m0/s1. The molecule has 0 heterocycles. The van der Waals surface area contributed by atoms with Gasteiger partial charge in [-0.3, -0.25) is 23.4 Å². The maximum Gasteiger partial charge on any atom is 0.472 e. The normalized spacial score (nSPS) is 13.6. The molecule has 0 aromatic carbocycles. The van der Waals surface area contributed by atoms with Gasteiger partial charge in [0.1, 0.15) is 12.6 Å². The first-order chi connectivity index (χ1) is 27.6. The van der Waals surface area contributed by atoms with Crippen LogP contribution in [0.2, 0.25) is 0 Å². The average molecular weight is 834 g/mol. The van der Waals surface area contributed by atoms with Gasteiger partial charge in [-0.05, 0) is 12.8 Å². The van der Waals surface area contributed by atoms with Gasteiger partial charge in [-0.2, -0.15) is 0 Å². The molecule has 0 fully saturated rings. The first kappa shape index (κ1) is 55.5. The predicted molar refractivity (Wildman–Crippen MR) is 231 cm³/mol. The monoisotopic (exact) mass is 834 g/mol. The number of hydrogen-bond donors (Lipinski definition) is 3. The molecule has 0 spiro atoms. The van der Waals surface area contributed by atoms with Crippen molar-refractivity contribution in [3.05, 3.63) is 0 Å². The van der Waals surface area contributed by atoms with Crippen LogP contribution < -0.4 is 5.73 Å². The van der Waals surface area contributed by atoms with Crippen LogP contribution in [-0.4, -0.2) is 59.9 Å². The summed E-state index contributed by atoms with van der Waals surface area (Å²) in [5, 5.41) is 8.90. The Morgan fingerprint density at radius 2 is 0.772 bits per heavy atom. The lowest BCUT2D eigenvalue weighted by Gasteiger charge is -2.20. The van der Waals surface area contributed by atoms with Gasteiger partial charge in [-0.1, -0.05) is 213 Å². The quantitative estimate of drug-likeness (QED) is 0.0303. The van der Waals surface area contributed by atoms with E-state index in [2.05, 4.69) is 18.4 Å². The van der Waals surface area contributed by atoms with Crippen molar-refractivity contribution in [2.24, 2.45) is 5.73 Å². The highest BCUT2D eigenvalue weighted by Crippen LogP contribution is 2.43. The first-order valence-corrected chi connectivity index (χ1v) is 25.1. The molecule has 0 aromatic heterocycles. The van der Waals surface area contributed by atoms with Crippen LogP contribution in [0.15, 0.2) is 0 Å². The number of nitrogens with two attached hydrogens (primary N) is 1. The summed E-state index contributed by atoms with van der Waals surface area (Å²) in [6, 6.07) is -1.52. The summed E-state index contributed by atoms with van der Waals surface area (Å²) in [6.45, 7) is 2.85. The molecule has 0 rings (SSSR count). The molecular weight excluding hydrogens is 745 g/mol. The van der Waals surface area contributed by atoms with Gasteiger partial charge >= 0.3 is 25.7 Å². The lowest BCUT2D eigenvalue weighted by Crippen LogP contribution is -2.34. The third-order valence-corrected chi connectivity index (χ3v) is 11.6. The molecule has 0 aliphatic heterocycles. The third kappa shape index (κ3) is 41.0. The number of ether oxygens (including phenoxy) is 2. The Balaban J connectivity index is 4.23. The van der Waals surface area contributed by atoms with Crippen molar-refractivity contribution in [1.29, 1.82) is 0 Å². The van der Waals surface area contributed by atoms with Crippen molar-refractivity contribution >= 4 is 25.7 Å². The molecule has 338 valence electrons. The number of aliphatic carboxylic acids is 1. The molecule has 0 aliphatic carbocycles. The minimum Gasteiger partial charge on any atom is -0.480 e. The number of carbonyl (C=O) groups excluding carboxylic acids is 2. The van der Waals surface area contributed by atoms with Gasteiger partial charge in [0.15, 0.2) is 6.10 Å². The maximum absolute atomic E-state index is 12.6. The van der Waals surface area contributed by atoms with E-state index in [0.717, 1.165) is 38.5 Å². The second-order valence-electron chi connectivity index (χ2n) is 16.3. The number of hydrogen-bond acceptors (Lipinski definition) is 9. The summed E-state index contributed by atoms with van der Waals surface area (Å²) in [5.41, 5.74) is 5.34. The minimum absolute atomic E-state index is 0.169. The number of rotatable bonds is 45. The van der Waals surface area contributed by atoms with Gasteiger partial charge in [0.25, 0.3) is 0 Å². The van der Waals surface area contributed by atoms with Crippen molar-refractivity contribution < 1.29 is 47.5 Å². The van der Waals surface area contributed by atoms with E-state index in [-0.39, 0.29) is 19.4 Å². The zero-order valence-corrected chi connectivity index (χ0v) is 37.6. The van der Waals surface area contributed by atoms with Crippen LogP contribution in [0.5, 0.6) is 0 Å². The predicted octanol–water partition coefficient (Wildman–Crippen LogP) is 12.7. The Labute approximate surface area is 348 Å². The zero-order chi connectivity index (χ0) is 42.1. The Morgan fingerprint density at radius 3 is 1.11 bits per heavy atom. The van der Waals surface area contributed by atoms with Gasteiger partial charge in [-0.25, -0.2) is 4.57 Å². The molecule has 0 radical (unpaired) electrons. The lowest BCUT2D eigenvalue weighted by atomic mass is 10.0. The van der Waals surface area contributed by atoms with E-state index < -0.39 is 51.1 Å². The molecule has 0 bridgehead atoms. The fourth-order valence-electron chi connectivity index (χ4n) is 6.89. The summed E-state index contributed by atoms with van der Waals surface area (Å²) in [6.07, 6.45) is 40.2. The minimum atomic E-state index is -4.71. The van der Waals surface area contributed by atoms with E-state index in [1.165, 1.54) is 161 Å². The van der Waals surface area contributed by atoms with Gasteiger partial charge in [-0.15, -0.1) is 0 Å². The molecular formula is C45H88NO10P. The number of carboxylic acid groups (broad SMARTS) is 1. The molecule has 0 aliphatic rings. The molecule has 12 heteroatoms. The van der Waals surface area contributed by atoms with Crippen LogP contribution in [0.1, 0.15) is 239 Å². The fraction of sp³-hybridized carbons (Fsp3) is 0.933. The smallest absolute Gasteiger partial charge is 0.472 e. The molecule has 0 aromatic rings. The number of carboxylic acids is 1. The van der Waals surface area contributed by atoms with E-state index in [1.54, 1.807) is 0 Å². The number of phosphoric ester groups is 1. The second-order valence-corrected chi connectivity index (χ2v) is 17.7. The Kier molecular flexibility index (Phi) is 40.1. The summed E-state index contributed by atoms with van der Waals surface area (Å²) in [4.78, 5) is 46.0. The fourth-order valence-corrected chi connectivity index (χ4v) is 7.67. The number of phosphoric acid groups is 1. The second kappa shape index (κ2) is 41.2. The molecule has 1 unspecified atom stereocenters. The highest BCUT2D eigenvalue weighted by atomic mass is 31.2. The highest BCUT2D eigenvalue weighted by molar-refractivity contribution is 7.47. The van der Waals surface area contributed by atoms with Crippen molar-refractivity contribution in [3.63, 3.8) is 0 Å². The van der Waals surface area contributed by atoms with Crippen LogP contribution >= 0.6 is 7.82 Å². The summed E-state index contributed by atoms with van der Waals surface area (Å²) >= 11 is 0. The maximum atomic E-state index is 12.6. The van der Waals surface area contributed by atoms with E-state index in [1.807, 2.05) is 0 Å². The average Bonchev–Trinajstić information content (AvgIpc) is 3.19. The van der Waals surface area contributed by atoms with E-state index in [9.17, 15) is 23.8 Å². The molecule has 3 atom stereocenters. The van der Waals surface area contributed by atoms with Crippen LogP contribution in [0.4, 0.5) is 0 Å².